The van der Waals surface area contributed by atoms with Crippen molar-refractivity contribution in [1.82, 2.24) is 0 Å². The lowest BCUT2D eigenvalue weighted by atomic mass is 10.1. The van der Waals surface area contributed by atoms with Crippen molar-refractivity contribution < 1.29 is 18.3 Å². The Bertz CT molecular complexity index is 531. The minimum absolute atomic E-state index is 0.0557. The van der Waals surface area contributed by atoms with Crippen molar-refractivity contribution in [2.75, 3.05) is 17.1 Å². The molecule has 0 aliphatic rings. The molecule has 1 aromatic carbocycles. The van der Waals surface area contributed by atoms with Crippen LogP contribution in [0.4, 0.5) is 5.69 Å². The van der Waals surface area contributed by atoms with Gasteiger partial charge < -0.3 is 5.11 Å². The van der Waals surface area contributed by atoms with E-state index in [0.717, 1.165) is 21.7 Å². The Balaban J connectivity index is 3.23. The van der Waals surface area contributed by atoms with Gasteiger partial charge in [-0.1, -0.05) is 18.2 Å². The molecule has 0 fully saturated rings. The summed E-state index contributed by atoms with van der Waals surface area (Å²) in [4.78, 5) is 10.6. The van der Waals surface area contributed by atoms with E-state index in [2.05, 4.69) is 0 Å². The summed E-state index contributed by atoms with van der Waals surface area (Å²) >= 11 is 0. The molecule has 100 valence electrons. The number of benzene rings is 1. The molecule has 1 aromatic rings. The minimum Gasteiger partial charge on any atom is -0.481 e. The summed E-state index contributed by atoms with van der Waals surface area (Å²) in [6, 6.07) is 5.45. The maximum absolute atomic E-state index is 11.8. The highest BCUT2D eigenvalue weighted by molar-refractivity contribution is 7.92. The first kappa shape index (κ1) is 14.5. The van der Waals surface area contributed by atoms with Crippen molar-refractivity contribution in [2.45, 2.75) is 20.3 Å². The molecule has 0 atom stereocenters. The predicted molar refractivity (Wildman–Crippen MR) is 70.4 cm³/mol. The number of hydrogen-bond donors (Lipinski definition) is 1. The van der Waals surface area contributed by atoms with E-state index in [4.69, 9.17) is 5.11 Å². The lowest BCUT2D eigenvalue weighted by molar-refractivity contribution is -0.136. The molecule has 0 bridgehead atoms. The predicted octanol–water partition coefficient (Wildman–Crippen LogP) is 1.54. The smallest absolute Gasteiger partial charge is 0.305 e. The zero-order valence-corrected chi connectivity index (χ0v) is 11.5. The average molecular weight is 271 g/mol. The molecule has 0 spiro atoms. The van der Waals surface area contributed by atoms with Crippen LogP contribution in [0.15, 0.2) is 18.2 Å². The van der Waals surface area contributed by atoms with Gasteiger partial charge in [-0.05, 0) is 25.0 Å². The highest BCUT2D eigenvalue weighted by Crippen LogP contribution is 2.26. The first-order valence-corrected chi connectivity index (χ1v) is 7.34. The van der Waals surface area contributed by atoms with Crippen molar-refractivity contribution in [3.8, 4) is 0 Å². The van der Waals surface area contributed by atoms with Crippen LogP contribution in [0, 0.1) is 13.8 Å². The molecule has 0 aromatic heterocycles. The highest BCUT2D eigenvalue weighted by Gasteiger charge is 2.21. The number of carboxylic acid groups (broad SMARTS) is 1. The zero-order valence-electron chi connectivity index (χ0n) is 10.7. The second kappa shape index (κ2) is 5.39. The fourth-order valence-electron chi connectivity index (χ4n) is 1.84. The second-order valence-corrected chi connectivity index (χ2v) is 6.13. The van der Waals surface area contributed by atoms with Gasteiger partial charge in [0, 0.05) is 6.54 Å². The molecular weight excluding hydrogens is 254 g/mol. The van der Waals surface area contributed by atoms with Crippen LogP contribution in [0.1, 0.15) is 17.5 Å². The number of aliphatic carboxylic acids is 1. The Morgan fingerprint density at radius 3 is 2.17 bits per heavy atom. The molecule has 0 radical (unpaired) electrons. The Hall–Kier alpha value is -1.56. The Labute approximate surface area is 107 Å². The first-order valence-electron chi connectivity index (χ1n) is 5.49. The third-order valence-corrected chi connectivity index (χ3v) is 3.78. The topological polar surface area (TPSA) is 74.7 Å². The number of anilines is 1. The van der Waals surface area contributed by atoms with Gasteiger partial charge in [0.2, 0.25) is 10.0 Å². The molecule has 0 aliphatic heterocycles. The van der Waals surface area contributed by atoms with Crippen LogP contribution in [0.25, 0.3) is 0 Å². The van der Waals surface area contributed by atoms with E-state index in [1.54, 1.807) is 26.0 Å². The van der Waals surface area contributed by atoms with Crippen molar-refractivity contribution in [3.63, 3.8) is 0 Å². The summed E-state index contributed by atoms with van der Waals surface area (Å²) in [5.74, 6) is -1.02. The van der Waals surface area contributed by atoms with E-state index in [9.17, 15) is 13.2 Å². The summed E-state index contributed by atoms with van der Waals surface area (Å²) in [6.07, 6.45) is 0.863. The van der Waals surface area contributed by atoms with Gasteiger partial charge in [0.15, 0.2) is 0 Å². The normalized spacial score (nSPS) is 11.3. The number of para-hydroxylation sites is 1. The van der Waals surface area contributed by atoms with Crippen LogP contribution in [0.2, 0.25) is 0 Å². The van der Waals surface area contributed by atoms with E-state index in [1.165, 1.54) is 0 Å². The van der Waals surface area contributed by atoms with Crippen LogP contribution >= 0.6 is 0 Å². The quantitative estimate of drug-likeness (QED) is 0.881. The summed E-state index contributed by atoms with van der Waals surface area (Å²) in [5, 5.41) is 8.69. The van der Waals surface area contributed by atoms with Crippen LogP contribution in [0.5, 0.6) is 0 Å². The standard InChI is InChI=1S/C12H17NO4S/c1-9-5-4-6-10(2)12(9)13(18(3,16)17)8-7-11(14)15/h4-6H,7-8H2,1-3H3,(H,14,15). The van der Waals surface area contributed by atoms with Crippen LogP contribution in [0.3, 0.4) is 0 Å². The first-order chi connectivity index (χ1) is 8.23. The van der Waals surface area contributed by atoms with E-state index in [1.807, 2.05) is 6.07 Å². The molecule has 0 heterocycles. The van der Waals surface area contributed by atoms with E-state index < -0.39 is 16.0 Å². The van der Waals surface area contributed by atoms with Gasteiger partial charge in [-0.3, -0.25) is 9.10 Å². The summed E-state index contributed by atoms with van der Waals surface area (Å²) in [6.45, 7) is 3.56. The molecule has 0 amide bonds. The molecule has 1 N–H and O–H groups in total. The Morgan fingerprint density at radius 1 is 1.28 bits per heavy atom. The lowest BCUT2D eigenvalue weighted by Gasteiger charge is -2.25. The van der Waals surface area contributed by atoms with Crippen molar-refractivity contribution >= 4 is 21.7 Å². The minimum atomic E-state index is -3.49. The summed E-state index contributed by atoms with van der Waals surface area (Å²) in [7, 11) is -3.49. The Morgan fingerprint density at radius 2 is 1.78 bits per heavy atom. The van der Waals surface area contributed by atoms with Gasteiger partial charge in [-0.25, -0.2) is 8.42 Å². The third-order valence-electron chi connectivity index (χ3n) is 2.62. The molecule has 6 heteroatoms. The zero-order chi connectivity index (χ0) is 13.9. The van der Waals surface area contributed by atoms with Gasteiger partial charge in [0.1, 0.15) is 0 Å². The summed E-state index contributed by atoms with van der Waals surface area (Å²) in [5.41, 5.74) is 2.19. The lowest BCUT2D eigenvalue weighted by Crippen LogP contribution is -2.33. The van der Waals surface area contributed by atoms with Gasteiger partial charge >= 0.3 is 5.97 Å². The van der Waals surface area contributed by atoms with Gasteiger partial charge in [0.25, 0.3) is 0 Å². The fourth-order valence-corrected chi connectivity index (χ4v) is 2.88. The maximum Gasteiger partial charge on any atom is 0.305 e. The fraction of sp³-hybridized carbons (Fsp3) is 0.417. The number of nitrogens with zero attached hydrogens (tertiary/aromatic N) is 1. The van der Waals surface area contributed by atoms with Crippen LogP contribution in [-0.2, 0) is 14.8 Å². The second-order valence-electron chi connectivity index (χ2n) is 4.22. The molecule has 1 rings (SSSR count). The molecule has 0 unspecified atom stereocenters. The molecule has 18 heavy (non-hydrogen) atoms. The van der Waals surface area contributed by atoms with Crippen molar-refractivity contribution in [1.29, 1.82) is 0 Å². The third kappa shape index (κ3) is 3.46. The number of sulfonamides is 1. The van der Waals surface area contributed by atoms with E-state index >= 15 is 0 Å². The molecule has 0 aliphatic carbocycles. The molecule has 0 saturated heterocycles. The van der Waals surface area contributed by atoms with Gasteiger partial charge in [-0.2, -0.15) is 0 Å². The highest BCUT2D eigenvalue weighted by atomic mass is 32.2. The monoisotopic (exact) mass is 271 g/mol. The van der Waals surface area contributed by atoms with Crippen LogP contribution < -0.4 is 4.31 Å². The maximum atomic E-state index is 11.8. The number of aryl methyl sites for hydroxylation is 2. The summed E-state index contributed by atoms with van der Waals surface area (Å²) < 4.78 is 24.7. The number of rotatable bonds is 5. The largest absolute Gasteiger partial charge is 0.481 e. The van der Waals surface area contributed by atoms with Crippen LogP contribution in [-0.4, -0.2) is 32.3 Å². The molecule has 5 nitrogen and oxygen atoms in total. The average Bonchev–Trinajstić information content (AvgIpc) is 2.20. The van der Waals surface area contributed by atoms with E-state index in [0.29, 0.717) is 5.69 Å². The number of hydrogen-bond acceptors (Lipinski definition) is 3. The van der Waals surface area contributed by atoms with Gasteiger partial charge in [-0.15, -0.1) is 0 Å². The SMILES string of the molecule is Cc1cccc(C)c1N(CCC(=O)O)S(C)(=O)=O. The molecule has 0 saturated carbocycles. The van der Waals surface area contributed by atoms with Gasteiger partial charge in [0.05, 0.1) is 18.4 Å². The van der Waals surface area contributed by atoms with E-state index in [-0.39, 0.29) is 13.0 Å². The Kier molecular flexibility index (Phi) is 4.34. The van der Waals surface area contributed by atoms with Crippen molar-refractivity contribution in [3.05, 3.63) is 29.3 Å². The molecular formula is C12H17NO4S. The van der Waals surface area contributed by atoms with Crippen molar-refractivity contribution in [2.24, 2.45) is 0 Å². The number of carbonyl (C=O) groups is 1. The number of carboxylic acids is 1.